The quantitative estimate of drug-likeness (QED) is 0.649. The summed E-state index contributed by atoms with van der Waals surface area (Å²) in [5.74, 6) is -0.608. The number of carbonyl (C=O) groups excluding carboxylic acids is 2. The SMILES string of the molecule is Cc1nc([C@@H]2CCCCN2C(=O)c2cccnc2N)ncc1C(=O)Nc1ccccc1F. The molecule has 2 aromatic heterocycles. The number of nitrogens with two attached hydrogens (primary N) is 1. The van der Waals surface area contributed by atoms with Gasteiger partial charge in [0.1, 0.15) is 11.6 Å². The number of para-hydroxylation sites is 1. The lowest BCUT2D eigenvalue weighted by Gasteiger charge is -2.35. The molecule has 0 bridgehead atoms. The second-order valence-corrected chi connectivity index (χ2v) is 7.61. The fraction of sp³-hybridized carbons (Fsp3) is 0.261. The number of anilines is 2. The highest BCUT2D eigenvalue weighted by Crippen LogP contribution is 2.31. The van der Waals surface area contributed by atoms with Crippen LogP contribution in [0, 0.1) is 12.7 Å². The van der Waals surface area contributed by atoms with Gasteiger partial charge in [0.2, 0.25) is 0 Å². The van der Waals surface area contributed by atoms with Crippen LogP contribution >= 0.6 is 0 Å². The average Bonchev–Trinajstić information content (AvgIpc) is 2.80. The van der Waals surface area contributed by atoms with Gasteiger partial charge in [-0.25, -0.2) is 19.3 Å². The molecule has 1 atom stereocenters. The standard InChI is InChI=1S/C23H23FN6O2/c1-14-16(22(31)29-18-9-3-2-8-17(18)24)13-27-21(28-14)19-10-4-5-12-30(19)23(32)15-7-6-11-26-20(15)25/h2-3,6-9,11,13,19H,4-5,10,12H2,1H3,(H2,25,26)(H,29,31)/t19-/m0/s1. The lowest BCUT2D eigenvalue weighted by Crippen LogP contribution is -2.39. The Morgan fingerprint density at radius 2 is 1.94 bits per heavy atom. The van der Waals surface area contributed by atoms with E-state index in [0.717, 1.165) is 12.8 Å². The first-order valence-corrected chi connectivity index (χ1v) is 10.4. The van der Waals surface area contributed by atoms with Crippen LogP contribution < -0.4 is 11.1 Å². The average molecular weight is 434 g/mol. The van der Waals surface area contributed by atoms with Gasteiger partial charge in [-0.15, -0.1) is 0 Å². The molecule has 8 nitrogen and oxygen atoms in total. The number of nitrogens with zero attached hydrogens (tertiary/aromatic N) is 4. The van der Waals surface area contributed by atoms with E-state index >= 15 is 0 Å². The number of rotatable bonds is 4. The van der Waals surface area contributed by atoms with Crippen molar-refractivity contribution in [1.82, 2.24) is 19.9 Å². The minimum Gasteiger partial charge on any atom is -0.383 e. The number of halogens is 1. The first-order valence-electron chi connectivity index (χ1n) is 10.4. The summed E-state index contributed by atoms with van der Waals surface area (Å²) in [7, 11) is 0. The maximum Gasteiger partial charge on any atom is 0.259 e. The molecule has 4 rings (SSSR count). The van der Waals surface area contributed by atoms with Crippen molar-refractivity contribution in [3.05, 3.63) is 77.3 Å². The molecule has 1 aliphatic heterocycles. The Balaban J connectivity index is 1.58. The van der Waals surface area contributed by atoms with Crippen LogP contribution in [-0.4, -0.2) is 38.2 Å². The fourth-order valence-electron chi connectivity index (χ4n) is 3.82. The number of pyridine rings is 1. The third-order valence-corrected chi connectivity index (χ3v) is 5.50. The Morgan fingerprint density at radius 1 is 1.12 bits per heavy atom. The Morgan fingerprint density at radius 3 is 2.69 bits per heavy atom. The van der Waals surface area contributed by atoms with Gasteiger partial charge in [-0.05, 0) is 50.5 Å². The van der Waals surface area contributed by atoms with Crippen LogP contribution in [0.5, 0.6) is 0 Å². The number of hydrogen-bond acceptors (Lipinski definition) is 6. The summed E-state index contributed by atoms with van der Waals surface area (Å²) < 4.78 is 13.9. The monoisotopic (exact) mass is 434 g/mol. The number of piperidine rings is 1. The van der Waals surface area contributed by atoms with Crippen LogP contribution in [0.2, 0.25) is 0 Å². The predicted octanol–water partition coefficient (Wildman–Crippen LogP) is 3.52. The second-order valence-electron chi connectivity index (χ2n) is 7.61. The second kappa shape index (κ2) is 9.09. The van der Waals surface area contributed by atoms with Gasteiger partial charge in [-0.3, -0.25) is 9.59 Å². The van der Waals surface area contributed by atoms with Gasteiger partial charge in [-0.1, -0.05) is 12.1 Å². The fourth-order valence-corrected chi connectivity index (χ4v) is 3.82. The van der Waals surface area contributed by atoms with Gasteiger partial charge in [0.25, 0.3) is 11.8 Å². The highest BCUT2D eigenvalue weighted by atomic mass is 19.1. The number of aromatic nitrogens is 3. The van der Waals surface area contributed by atoms with Crippen molar-refractivity contribution in [2.24, 2.45) is 0 Å². The van der Waals surface area contributed by atoms with Crippen LogP contribution in [0.15, 0.2) is 48.8 Å². The summed E-state index contributed by atoms with van der Waals surface area (Å²) in [5, 5.41) is 2.54. The molecule has 3 heterocycles. The predicted molar refractivity (Wildman–Crippen MR) is 117 cm³/mol. The van der Waals surface area contributed by atoms with Gasteiger partial charge >= 0.3 is 0 Å². The number of nitrogens with one attached hydrogen (secondary N) is 1. The number of nitrogen functional groups attached to an aromatic ring is 1. The Hall–Kier alpha value is -3.88. The Kier molecular flexibility index (Phi) is 6.07. The molecule has 32 heavy (non-hydrogen) atoms. The summed E-state index contributed by atoms with van der Waals surface area (Å²) in [5.41, 5.74) is 7.01. The van der Waals surface area contributed by atoms with Gasteiger partial charge in [0.15, 0.2) is 5.82 Å². The van der Waals surface area contributed by atoms with Gasteiger partial charge in [-0.2, -0.15) is 0 Å². The van der Waals surface area contributed by atoms with Crippen LogP contribution in [0.3, 0.4) is 0 Å². The molecule has 1 aliphatic rings. The first-order chi connectivity index (χ1) is 15.5. The summed E-state index contributed by atoms with van der Waals surface area (Å²) in [6, 6.07) is 8.92. The summed E-state index contributed by atoms with van der Waals surface area (Å²) in [6.45, 7) is 2.24. The van der Waals surface area contributed by atoms with E-state index in [1.165, 1.54) is 24.5 Å². The zero-order chi connectivity index (χ0) is 22.7. The van der Waals surface area contributed by atoms with E-state index < -0.39 is 11.7 Å². The van der Waals surface area contributed by atoms with Crippen molar-refractivity contribution >= 4 is 23.3 Å². The number of benzene rings is 1. The van der Waals surface area contributed by atoms with Crippen molar-refractivity contribution in [3.8, 4) is 0 Å². The van der Waals surface area contributed by atoms with E-state index in [1.54, 1.807) is 36.1 Å². The molecule has 164 valence electrons. The maximum atomic E-state index is 13.9. The van der Waals surface area contributed by atoms with Gasteiger partial charge < -0.3 is 16.0 Å². The first kappa shape index (κ1) is 21.4. The van der Waals surface area contributed by atoms with Crippen molar-refractivity contribution in [2.75, 3.05) is 17.6 Å². The zero-order valence-corrected chi connectivity index (χ0v) is 17.6. The molecule has 1 saturated heterocycles. The highest BCUT2D eigenvalue weighted by Gasteiger charge is 2.32. The van der Waals surface area contributed by atoms with Crippen LogP contribution in [0.1, 0.15) is 57.5 Å². The molecular formula is C23H23FN6O2. The van der Waals surface area contributed by atoms with E-state index in [1.807, 2.05) is 0 Å². The van der Waals surface area contributed by atoms with Crippen molar-refractivity contribution in [3.63, 3.8) is 0 Å². The largest absolute Gasteiger partial charge is 0.383 e. The third-order valence-electron chi connectivity index (χ3n) is 5.50. The third kappa shape index (κ3) is 4.27. The molecule has 2 amide bonds. The number of carbonyl (C=O) groups is 2. The lowest BCUT2D eigenvalue weighted by molar-refractivity contribution is 0.0600. The van der Waals surface area contributed by atoms with E-state index in [4.69, 9.17) is 5.73 Å². The van der Waals surface area contributed by atoms with Crippen LogP contribution in [0.25, 0.3) is 0 Å². The van der Waals surface area contributed by atoms with E-state index in [-0.39, 0.29) is 29.0 Å². The van der Waals surface area contributed by atoms with E-state index in [2.05, 4.69) is 20.3 Å². The number of hydrogen-bond donors (Lipinski definition) is 2. The minimum absolute atomic E-state index is 0.0825. The molecule has 3 aromatic rings. The molecule has 0 saturated carbocycles. The molecule has 0 spiro atoms. The molecule has 0 aliphatic carbocycles. The number of amides is 2. The van der Waals surface area contributed by atoms with E-state index in [0.29, 0.717) is 30.0 Å². The number of aryl methyl sites for hydroxylation is 1. The van der Waals surface area contributed by atoms with Crippen molar-refractivity contribution in [2.45, 2.75) is 32.2 Å². The zero-order valence-electron chi connectivity index (χ0n) is 17.6. The maximum absolute atomic E-state index is 13.9. The molecule has 0 unspecified atom stereocenters. The Labute approximate surface area is 184 Å². The molecule has 3 N–H and O–H groups in total. The topological polar surface area (TPSA) is 114 Å². The smallest absolute Gasteiger partial charge is 0.259 e. The number of likely N-dealkylation sites (tertiary alicyclic amines) is 1. The molecule has 1 fully saturated rings. The lowest BCUT2D eigenvalue weighted by atomic mass is 9.99. The molecular weight excluding hydrogens is 411 g/mol. The molecule has 0 radical (unpaired) electrons. The van der Waals surface area contributed by atoms with Crippen LogP contribution in [0.4, 0.5) is 15.9 Å². The van der Waals surface area contributed by atoms with Crippen LogP contribution in [-0.2, 0) is 0 Å². The summed E-state index contributed by atoms with van der Waals surface area (Å²) in [6.07, 6.45) is 5.45. The highest BCUT2D eigenvalue weighted by molar-refractivity contribution is 6.04. The van der Waals surface area contributed by atoms with Crippen molar-refractivity contribution < 1.29 is 14.0 Å². The molecule has 9 heteroatoms. The summed E-state index contributed by atoms with van der Waals surface area (Å²) in [4.78, 5) is 40.4. The van der Waals surface area contributed by atoms with E-state index in [9.17, 15) is 14.0 Å². The van der Waals surface area contributed by atoms with Gasteiger partial charge in [0, 0.05) is 18.9 Å². The molecule has 1 aromatic carbocycles. The normalized spacial score (nSPS) is 15.9. The minimum atomic E-state index is -0.526. The summed E-state index contributed by atoms with van der Waals surface area (Å²) >= 11 is 0. The Bertz CT molecular complexity index is 1170. The van der Waals surface area contributed by atoms with Crippen molar-refractivity contribution in [1.29, 1.82) is 0 Å². The van der Waals surface area contributed by atoms with Gasteiger partial charge in [0.05, 0.1) is 28.6 Å².